The lowest BCUT2D eigenvalue weighted by Crippen LogP contribution is -2.22. The summed E-state index contributed by atoms with van der Waals surface area (Å²) in [6.07, 6.45) is 2.98. The SMILES string of the molecule is CCC.CCC(C)NC=O.[HH]. The van der Waals surface area contributed by atoms with Crippen molar-refractivity contribution in [1.29, 1.82) is 0 Å². The first-order valence-corrected chi connectivity index (χ1v) is 3.92. The van der Waals surface area contributed by atoms with E-state index in [1.165, 1.54) is 6.42 Å². The van der Waals surface area contributed by atoms with Crippen LogP contribution in [0, 0.1) is 0 Å². The Bertz CT molecular complexity index is 69.1. The standard InChI is InChI=1S/C5H11NO.C3H8.H2/c1-3-5(2)6-4-7;1-3-2;/h4-5H,3H2,1-2H3,(H,6,7);3H2,1-2H3;1H. The maximum absolute atomic E-state index is 9.66. The van der Waals surface area contributed by atoms with E-state index in [-0.39, 0.29) is 1.43 Å². The number of nitrogens with one attached hydrogen (secondary N) is 1. The Balaban J connectivity index is -0.000000140. The third kappa shape index (κ3) is 15.6. The number of rotatable bonds is 3. The van der Waals surface area contributed by atoms with E-state index in [1.807, 2.05) is 13.8 Å². The summed E-state index contributed by atoms with van der Waals surface area (Å²) in [5.74, 6) is 0. The summed E-state index contributed by atoms with van der Waals surface area (Å²) >= 11 is 0. The molecular formula is C8H21NO. The van der Waals surface area contributed by atoms with E-state index in [0.29, 0.717) is 6.04 Å². The molecule has 0 rings (SSSR count). The van der Waals surface area contributed by atoms with Crippen molar-refractivity contribution in [3.8, 4) is 0 Å². The molecule has 0 saturated heterocycles. The van der Waals surface area contributed by atoms with Gasteiger partial charge in [0.1, 0.15) is 0 Å². The van der Waals surface area contributed by atoms with Crippen molar-refractivity contribution in [3.05, 3.63) is 0 Å². The number of hydrogen-bond acceptors (Lipinski definition) is 1. The highest BCUT2D eigenvalue weighted by Crippen LogP contribution is 1.82. The number of carbonyl (C=O) groups excluding carboxylic acids is 1. The van der Waals surface area contributed by atoms with Crippen molar-refractivity contribution in [3.63, 3.8) is 0 Å². The Labute approximate surface area is 65.5 Å². The minimum absolute atomic E-state index is 0. The number of amides is 1. The molecule has 0 bridgehead atoms. The molecule has 0 aliphatic rings. The Morgan fingerprint density at radius 1 is 1.50 bits per heavy atom. The fraction of sp³-hybridized carbons (Fsp3) is 0.875. The Morgan fingerprint density at radius 2 is 1.90 bits per heavy atom. The van der Waals surface area contributed by atoms with Crippen molar-refractivity contribution >= 4 is 6.41 Å². The van der Waals surface area contributed by atoms with Crippen molar-refractivity contribution in [2.24, 2.45) is 0 Å². The number of carbonyl (C=O) groups is 1. The van der Waals surface area contributed by atoms with Gasteiger partial charge in [-0.3, -0.25) is 4.79 Å². The second-order valence-corrected chi connectivity index (χ2v) is 2.30. The molecular weight excluding hydrogens is 126 g/mol. The fourth-order valence-corrected chi connectivity index (χ4v) is 0.234. The molecule has 0 fully saturated rings. The summed E-state index contributed by atoms with van der Waals surface area (Å²) in [6.45, 7) is 8.25. The lowest BCUT2D eigenvalue weighted by atomic mass is 10.3. The highest BCUT2D eigenvalue weighted by Gasteiger charge is 1.89. The van der Waals surface area contributed by atoms with Crippen LogP contribution in [0.4, 0.5) is 0 Å². The second kappa shape index (κ2) is 11.3. The molecule has 2 nitrogen and oxygen atoms in total. The molecule has 1 atom stereocenters. The molecule has 64 valence electrons. The van der Waals surface area contributed by atoms with Gasteiger partial charge in [-0.1, -0.05) is 27.2 Å². The van der Waals surface area contributed by atoms with E-state index in [1.54, 1.807) is 0 Å². The van der Waals surface area contributed by atoms with Gasteiger partial charge in [0.2, 0.25) is 6.41 Å². The van der Waals surface area contributed by atoms with Gasteiger partial charge in [0.15, 0.2) is 0 Å². The van der Waals surface area contributed by atoms with Crippen LogP contribution in [0.1, 0.15) is 42.0 Å². The monoisotopic (exact) mass is 147 g/mol. The third-order valence-electron chi connectivity index (χ3n) is 0.965. The predicted molar refractivity (Wildman–Crippen MR) is 47.0 cm³/mol. The van der Waals surface area contributed by atoms with E-state index in [4.69, 9.17) is 0 Å². The van der Waals surface area contributed by atoms with Gasteiger partial charge in [-0.2, -0.15) is 0 Å². The first-order chi connectivity index (χ1) is 4.72. The topological polar surface area (TPSA) is 29.1 Å². The van der Waals surface area contributed by atoms with Crippen LogP contribution in [0.5, 0.6) is 0 Å². The van der Waals surface area contributed by atoms with Crippen molar-refractivity contribution in [1.82, 2.24) is 5.32 Å². The first-order valence-electron chi connectivity index (χ1n) is 3.92. The Morgan fingerprint density at radius 3 is 2.00 bits per heavy atom. The fourth-order valence-electron chi connectivity index (χ4n) is 0.234. The molecule has 0 heterocycles. The van der Waals surface area contributed by atoms with E-state index >= 15 is 0 Å². The summed E-state index contributed by atoms with van der Waals surface area (Å²) in [5, 5.41) is 2.61. The summed E-state index contributed by atoms with van der Waals surface area (Å²) in [6, 6.07) is 0.331. The van der Waals surface area contributed by atoms with E-state index in [0.717, 1.165) is 12.8 Å². The van der Waals surface area contributed by atoms with Crippen LogP contribution < -0.4 is 5.32 Å². The van der Waals surface area contributed by atoms with Gasteiger partial charge >= 0.3 is 0 Å². The predicted octanol–water partition coefficient (Wildman–Crippen LogP) is 2.19. The van der Waals surface area contributed by atoms with Crippen LogP contribution in [0.15, 0.2) is 0 Å². The largest absolute Gasteiger partial charge is 0.356 e. The average Bonchev–Trinajstić information content (AvgIpc) is 1.90. The molecule has 0 aliphatic heterocycles. The van der Waals surface area contributed by atoms with Crippen LogP contribution in [0.3, 0.4) is 0 Å². The van der Waals surface area contributed by atoms with Crippen LogP contribution in [-0.4, -0.2) is 12.5 Å². The molecule has 0 spiro atoms. The molecule has 10 heavy (non-hydrogen) atoms. The zero-order valence-corrected chi connectivity index (χ0v) is 7.48. The van der Waals surface area contributed by atoms with E-state index < -0.39 is 0 Å². The summed E-state index contributed by atoms with van der Waals surface area (Å²) in [7, 11) is 0. The molecule has 1 amide bonds. The molecule has 1 N–H and O–H groups in total. The normalized spacial score (nSPS) is 10.8. The van der Waals surface area contributed by atoms with Crippen molar-refractivity contribution in [2.45, 2.75) is 46.6 Å². The molecule has 0 aromatic rings. The van der Waals surface area contributed by atoms with Gasteiger partial charge in [0.25, 0.3) is 0 Å². The highest BCUT2D eigenvalue weighted by molar-refractivity contribution is 5.46. The van der Waals surface area contributed by atoms with Crippen molar-refractivity contribution < 1.29 is 6.22 Å². The third-order valence-corrected chi connectivity index (χ3v) is 0.965. The van der Waals surface area contributed by atoms with Gasteiger partial charge in [-0.05, 0) is 13.3 Å². The van der Waals surface area contributed by atoms with Gasteiger partial charge in [-0.25, -0.2) is 0 Å². The van der Waals surface area contributed by atoms with Crippen LogP contribution in [0.2, 0.25) is 0 Å². The highest BCUT2D eigenvalue weighted by atomic mass is 16.1. The minimum Gasteiger partial charge on any atom is -0.356 e. The number of hydrogen-bond donors (Lipinski definition) is 1. The maximum Gasteiger partial charge on any atom is 0.207 e. The van der Waals surface area contributed by atoms with Gasteiger partial charge in [-0.15, -0.1) is 0 Å². The molecule has 0 aliphatic carbocycles. The quantitative estimate of drug-likeness (QED) is 0.609. The molecule has 0 saturated carbocycles. The second-order valence-electron chi connectivity index (χ2n) is 2.30. The molecule has 0 radical (unpaired) electrons. The zero-order chi connectivity index (χ0) is 8.41. The first kappa shape index (κ1) is 12.2. The molecule has 1 unspecified atom stereocenters. The van der Waals surface area contributed by atoms with Crippen LogP contribution in [-0.2, 0) is 4.79 Å². The zero-order valence-electron chi connectivity index (χ0n) is 7.48. The van der Waals surface area contributed by atoms with Crippen molar-refractivity contribution in [2.75, 3.05) is 0 Å². The lowest BCUT2D eigenvalue weighted by molar-refractivity contribution is -0.110. The molecule has 0 aromatic carbocycles. The molecule has 0 aromatic heterocycles. The van der Waals surface area contributed by atoms with Gasteiger partial charge in [0.05, 0.1) is 0 Å². The van der Waals surface area contributed by atoms with Gasteiger partial charge < -0.3 is 5.32 Å². The van der Waals surface area contributed by atoms with E-state index in [2.05, 4.69) is 19.2 Å². The van der Waals surface area contributed by atoms with E-state index in [9.17, 15) is 4.79 Å². The smallest absolute Gasteiger partial charge is 0.207 e. The molecule has 2 heteroatoms. The lowest BCUT2D eigenvalue weighted by Gasteiger charge is -2.02. The van der Waals surface area contributed by atoms with Gasteiger partial charge in [0, 0.05) is 7.47 Å². The minimum atomic E-state index is 0. The maximum atomic E-state index is 9.66. The van der Waals surface area contributed by atoms with Crippen LogP contribution in [0.25, 0.3) is 0 Å². The summed E-state index contributed by atoms with van der Waals surface area (Å²) in [4.78, 5) is 9.66. The summed E-state index contributed by atoms with van der Waals surface area (Å²) < 4.78 is 0. The Kier molecular flexibility index (Phi) is 13.7. The average molecular weight is 147 g/mol. The summed E-state index contributed by atoms with van der Waals surface area (Å²) in [5.41, 5.74) is 0. The van der Waals surface area contributed by atoms with Crippen LogP contribution >= 0.6 is 0 Å². The Hall–Kier alpha value is -0.530.